The van der Waals surface area contributed by atoms with Gasteiger partial charge in [-0.05, 0) is 19.1 Å². The van der Waals surface area contributed by atoms with E-state index in [2.05, 4.69) is 20.6 Å². The van der Waals surface area contributed by atoms with Crippen molar-refractivity contribution in [3.63, 3.8) is 0 Å². The van der Waals surface area contributed by atoms with Crippen molar-refractivity contribution in [2.75, 3.05) is 6.54 Å². The van der Waals surface area contributed by atoms with E-state index in [1.165, 1.54) is 19.4 Å². The highest BCUT2D eigenvalue weighted by atomic mass is 19.4. The number of aromatic nitrogens is 3. The fourth-order valence-corrected chi connectivity index (χ4v) is 2.43. The number of aryl methyl sites for hydroxylation is 2. The molecule has 2 aromatic rings. The normalized spacial score (nSPS) is 13.9. The Balaban J connectivity index is 1.91. The van der Waals surface area contributed by atoms with Crippen LogP contribution in [0.1, 0.15) is 23.6 Å². The van der Waals surface area contributed by atoms with Gasteiger partial charge in [0.1, 0.15) is 5.82 Å². The van der Waals surface area contributed by atoms with Crippen LogP contribution in [0, 0.1) is 6.92 Å². The van der Waals surface area contributed by atoms with Crippen molar-refractivity contribution < 1.29 is 23.1 Å². The standard InChI is InChI=1S/C16H20F3N5O2/c1-11-4-3-5-12(23-11)10-22-14(25)21-7-6-15(26,16(17,18)19)13-20-8-9-24(13)2/h3-5,8-9,26H,6-7,10H2,1-2H3,(H2,21,22,25). The van der Waals surface area contributed by atoms with Crippen molar-refractivity contribution in [3.8, 4) is 0 Å². The smallest absolute Gasteiger partial charge is 0.374 e. The van der Waals surface area contributed by atoms with Gasteiger partial charge in [0.05, 0.1) is 12.2 Å². The maximum atomic E-state index is 13.3. The lowest BCUT2D eigenvalue weighted by atomic mass is 9.97. The first-order valence-electron chi connectivity index (χ1n) is 7.84. The molecule has 10 heteroatoms. The number of nitrogens with zero attached hydrogens (tertiary/aromatic N) is 3. The Morgan fingerprint density at radius 2 is 2.04 bits per heavy atom. The number of nitrogens with one attached hydrogen (secondary N) is 2. The minimum Gasteiger partial charge on any atom is -0.374 e. The fraction of sp³-hybridized carbons (Fsp3) is 0.438. The molecule has 2 rings (SSSR count). The van der Waals surface area contributed by atoms with Crippen molar-refractivity contribution in [2.24, 2.45) is 7.05 Å². The number of hydrogen-bond donors (Lipinski definition) is 3. The summed E-state index contributed by atoms with van der Waals surface area (Å²) in [6.07, 6.45) is -3.23. The van der Waals surface area contributed by atoms with E-state index in [4.69, 9.17) is 0 Å². The Hall–Kier alpha value is -2.62. The highest BCUT2D eigenvalue weighted by Gasteiger charge is 2.57. The van der Waals surface area contributed by atoms with Crippen LogP contribution in [-0.2, 0) is 19.2 Å². The van der Waals surface area contributed by atoms with Crippen molar-refractivity contribution >= 4 is 6.03 Å². The van der Waals surface area contributed by atoms with E-state index in [1.54, 1.807) is 25.1 Å². The number of carbonyl (C=O) groups excluding carboxylic acids is 1. The zero-order chi connectivity index (χ0) is 19.4. The average Bonchev–Trinajstić information content (AvgIpc) is 2.98. The van der Waals surface area contributed by atoms with E-state index in [1.807, 2.05) is 0 Å². The Labute approximate surface area is 148 Å². The third-order valence-electron chi connectivity index (χ3n) is 3.81. The predicted octanol–water partition coefficient (Wildman–Crippen LogP) is 1.76. The van der Waals surface area contributed by atoms with Crippen molar-refractivity contribution in [1.29, 1.82) is 0 Å². The molecule has 26 heavy (non-hydrogen) atoms. The summed E-state index contributed by atoms with van der Waals surface area (Å²) >= 11 is 0. The van der Waals surface area contributed by atoms with Crippen molar-refractivity contribution in [2.45, 2.75) is 31.7 Å². The molecule has 0 aliphatic rings. The van der Waals surface area contributed by atoms with E-state index < -0.39 is 36.6 Å². The Kier molecular flexibility index (Phi) is 5.86. The molecule has 0 radical (unpaired) electrons. The predicted molar refractivity (Wildman–Crippen MR) is 87.0 cm³/mol. The minimum atomic E-state index is -4.93. The summed E-state index contributed by atoms with van der Waals surface area (Å²) in [5.74, 6) is -0.531. The Morgan fingerprint density at radius 3 is 2.62 bits per heavy atom. The second-order valence-corrected chi connectivity index (χ2v) is 5.85. The molecule has 3 N–H and O–H groups in total. The summed E-state index contributed by atoms with van der Waals surface area (Å²) in [5, 5.41) is 15.0. The van der Waals surface area contributed by atoms with Crippen LogP contribution in [0.4, 0.5) is 18.0 Å². The highest BCUT2D eigenvalue weighted by Crippen LogP contribution is 2.40. The lowest BCUT2D eigenvalue weighted by Crippen LogP contribution is -2.47. The molecule has 0 aliphatic heterocycles. The Bertz CT molecular complexity index is 762. The second-order valence-electron chi connectivity index (χ2n) is 5.85. The number of imidazole rings is 1. The van der Waals surface area contributed by atoms with E-state index in [-0.39, 0.29) is 6.54 Å². The molecule has 142 valence electrons. The van der Waals surface area contributed by atoms with Crippen LogP contribution < -0.4 is 10.6 Å². The van der Waals surface area contributed by atoms with Gasteiger partial charge in [-0.1, -0.05) is 6.07 Å². The molecule has 2 amide bonds. The van der Waals surface area contributed by atoms with Gasteiger partial charge >= 0.3 is 12.2 Å². The molecular weight excluding hydrogens is 351 g/mol. The van der Waals surface area contributed by atoms with Crippen LogP contribution in [0.5, 0.6) is 0 Å². The highest BCUT2D eigenvalue weighted by molar-refractivity contribution is 5.73. The molecule has 2 heterocycles. The zero-order valence-corrected chi connectivity index (χ0v) is 14.3. The topological polar surface area (TPSA) is 92.1 Å². The van der Waals surface area contributed by atoms with E-state index in [0.717, 1.165) is 10.3 Å². The van der Waals surface area contributed by atoms with Gasteiger partial charge in [-0.2, -0.15) is 13.2 Å². The van der Waals surface area contributed by atoms with Crippen LogP contribution in [-0.4, -0.2) is 38.4 Å². The maximum Gasteiger partial charge on any atom is 0.424 e. The molecule has 1 atom stereocenters. The SMILES string of the molecule is Cc1cccc(CNC(=O)NCCC(O)(c2nccn2C)C(F)(F)F)n1. The van der Waals surface area contributed by atoms with Gasteiger partial charge < -0.3 is 20.3 Å². The fourth-order valence-electron chi connectivity index (χ4n) is 2.43. The number of urea groups is 1. The summed E-state index contributed by atoms with van der Waals surface area (Å²) in [6.45, 7) is 1.55. The second kappa shape index (κ2) is 7.73. The minimum absolute atomic E-state index is 0.135. The number of aliphatic hydroxyl groups is 1. The molecule has 0 saturated heterocycles. The number of hydrogen-bond acceptors (Lipinski definition) is 4. The first kappa shape index (κ1) is 19.7. The summed E-state index contributed by atoms with van der Waals surface area (Å²) in [5.41, 5.74) is -1.74. The molecular formula is C16H20F3N5O2. The molecule has 0 fully saturated rings. The van der Waals surface area contributed by atoms with Gasteiger partial charge in [0.2, 0.25) is 5.60 Å². The van der Waals surface area contributed by atoms with Crippen LogP contribution in [0.15, 0.2) is 30.6 Å². The van der Waals surface area contributed by atoms with Crippen LogP contribution in [0.25, 0.3) is 0 Å². The molecule has 0 spiro atoms. The quantitative estimate of drug-likeness (QED) is 0.722. The lowest BCUT2D eigenvalue weighted by molar-refractivity contribution is -0.272. The summed E-state index contributed by atoms with van der Waals surface area (Å²) in [7, 11) is 1.36. The maximum absolute atomic E-state index is 13.3. The van der Waals surface area contributed by atoms with Gasteiger partial charge in [0, 0.05) is 38.1 Å². The van der Waals surface area contributed by atoms with E-state index in [0.29, 0.717) is 5.69 Å². The largest absolute Gasteiger partial charge is 0.424 e. The third-order valence-corrected chi connectivity index (χ3v) is 3.81. The van der Waals surface area contributed by atoms with Crippen molar-refractivity contribution in [3.05, 3.63) is 47.8 Å². The number of carbonyl (C=O) groups is 1. The first-order chi connectivity index (χ1) is 12.1. The number of amides is 2. The van der Waals surface area contributed by atoms with Gasteiger partial charge in [-0.15, -0.1) is 0 Å². The van der Waals surface area contributed by atoms with E-state index in [9.17, 15) is 23.1 Å². The molecule has 0 saturated carbocycles. The summed E-state index contributed by atoms with van der Waals surface area (Å²) in [6, 6.07) is 4.65. The molecule has 1 unspecified atom stereocenters. The Morgan fingerprint density at radius 1 is 1.31 bits per heavy atom. The van der Waals surface area contributed by atoms with Crippen LogP contribution in [0.3, 0.4) is 0 Å². The van der Waals surface area contributed by atoms with Gasteiger partial charge in [-0.25, -0.2) is 9.78 Å². The molecule has 7 nitrogen and oxygen atoms in total. The van der Waals surface area contributed by atoms with Crippen molar-refractivity contribution in [1.82, 2.24) is 25.2 Å². The number of halogens is 3. The number of rotatable bonds is 6. The third kappa shape index (κ3) is 4.51. The zero-order valence-electron chi connectivity index (χ0n) is 14.3. The molecule has 2 aromatic heterocycles. The van der Waals surface area contributed by atoms with Gasteiger partial charge in [-0.3, -0.25) is 4.98 Å². The monoisotopic (exact) mass is 371 g/mol. The summed E-state index contributed by atoms with van der Waals surface area (Å²) in [4.78, 5) is 19.5. The molecule has 0 aromatic carbocycles. The lowest BCUT2D eigenvalue weighted by Gasteiger charge is -2.29. The van der Waals surface area contributed by atoms with Crippen LogP contribution >= 0.6 is 0 Å². The number of pyridine rings is 1. The number of alkyl halides is 3. The average molecular weight is 371 g/mol. The molecule has 0 aliphatic carbocycles. The van der Waals surface area contributed by atoms with Gasteiger partial charge in [0.25, 0.3) is 0 Å². The first-order valence-corrected chi connectivity index (χ1v) is 7.84. The van der Waals surface area contributed by atoms with E-state index >= 15 is 0 Å². The molecule has 0 bridgehead atoms. The van der Waals surface area contributed by atoms with Gasteiger partial charge in [0.15, 0.2) is 0 Å². The summed E-state index contributed by atoms with van der Waals surface area (Å²) < 4.78 is 41.1. The van der Waals surface area contributed by atoms with Crippen LogP contribution in [0.2, 0.25) is 0 Å².